The predicted octanol–water partition coefficient (Wildman–Crippen LogP) is 2.66. The number of ether oxygens (including phenoxy) is 1. The Morgan fingerprint density at radius 3 is 2.00 bits per heavy atom. The fourth-order valence-electron chi connectivity index (χ4n) is 2.98. The van der Waals surface area contributed by atoms with Gasteiger partial charge in [0.1, 0.15) is 0 Å². The second-order valence-corrected chi connectivity index (χ2v) is 8.52. The van der Waals surface area contributed by atoms with Gasteiger partial charge in [-0.25, -0.2) is 17.9 Å². The SMILES string of the molecule is CNS(=O)(=O)c1cccc(C(=O)OCC(=O)NC(c2ccccc2)c2ccccc2)c1. The summed E-state index contributed by atoms with van der Waals surface area (Å²) >= 11 is 0. The smallest absolute Gasteiger partial charge is 0.338 e. The number of carbonyl (C=O) groups excluding carboxylic acids is 2. The second kappa shape index (κ2) is 10.0. The van der Waals surface area contributed by atoms with Crippen molar-refractivity contribution in [3.05, 3.63) is 102 Å². The van der Waals surface area contributed by atoms with E-state index in [0.717, 1.165) is 11.1 Å². The van der Waals surface area contributed by atoms with Crippen LogP contribution in [0.2, 0.25) is 0 Å². The summed E-state index contributed by atoms with van der Waals surface area (Å²) in [4.78, 5) is 24.8. The third-order valence-electron chi connectivity index (χ3n) is 4.55. The lowest BCUT2D eigenvalue weighted by Gasteiger charge is -2.20. The summed E-state index contributed by atoms with van der Waals surface area (Å²) in [7, 11) is -2.42. The van der Waals surface area contributed by atoms with Crippen LogP contribution >= 0.6 is 0 Å². The molecule has 8 heteroatoms. The van der Waals surface area contributed by atoms with E-state index in [-0.39, 0.29) is 10.5 Å². The van der Waals surface area contributed by atoms with Gasteiger partial charge in [0.15, 0.2) is 6.61 Å². The van der Waals surface area contributed by atoms with Gasteiger partial charge >= 0.3 is 5.97 Å². The minimum absolute atomic E-state index is 0.0341. The molecule has 31 heavy (non-hydrogen) atoms. The van der Waals surface area contributed by atoms with Gasteiger partial charge in [-0.05, 0) is 36.4 Å². The van der Waals surface area contributed by atoms with E-state index in [1.54, 1.807) is 0 Å². The highest BCUT2D eigenvalue weighted by Gasteiger charge is 2.19. The lowest BCUT2D eigenvalue weighted by atomic mass is 9.99. The molecule has 0 fully saturated rings. The number of carbonyl (C=O) groups is 2. The first kappa shape index (κ1) is 22.2. The topological polar surface area (TPSA) is 102 Å². The van der Waals surface area contributed by atoms with Crippen LogP contribution in [0.25, 0.3) is 0 Å². The highest BCUT2D eigenvalue weighted by Crippen LogP contribution is 2.21. The summed E-state index contributed by atoms with van der Waals surface area (Å²) in [5.41, 5.74) is 1.81. The van der Waals surface area contributed by atoms with E-state index in [1.807, 2.05) is 60.7 Å². The Morgan fingerprint density at radius 2 is 1.45 bits per heavy atom. The molecule has 0 saturated carbocycles. The number of sulfonamides is 1. The zero-order valence-corrected chi connectivity index (χ0v) is 17.6. The van der Waals surface area contributed by atoms with Crippen LogP contribution in [-0.4, -0.2) is 33.9 Å². The molecule has 7 nitrogen and oxygen atoms in total. The number of amides is 1. The molecular weight excluding hydrogens is 416 g/mol. The quantitative estimate of drug-likeness (QED) is 0.527. The zero-order valence-electron chi connectivity index (χ0n) is 16.8. The van der Waals surface area contributed by atoms with Crippen LogP contribution < -0.4 is 10.0 Å². The first-order chi connectivity index (χ1) is 14.9. The van der Waals surface area contributed by atoms with Crippen LogP contribution in [0.3, 0.4) is 0 Å². The van der Waals surface area contributed by atoms with Crippen LogP contribution in [0.5, 0.6) is 0 Å². The van der Waals surface area contributed by atoms with Crippen molar-refractivity contribution in [1.82, 2.24) is 10.0 Å². The molecule has 0 unspecified atom stereocenters. The van der Waals surface area contributed by atoms with Gasteiger partial charge in [0.05, 0.1) is 16.5 Å². The molecule has 2 N–H and O–H groups in total. The fraction of sp³-hybridized carbons (Fsp3) is 0.130. The van der Waals surface area contributed by atoms with Crippen LogP contribution in [0.4, 0.5) is 0 Å². The lowest BCUT2D eigenvalue weighted by molar-refractivity contribution is -0.124. The Hall–Kier alpha value is -3.49. The zero-order chi connectivity index (χ0) is 22.3. The van der Waals surface area contributed by atoms with Crippen LogP contribution in [-0.2, 0) is 19.6 Å². The molecule has 0 atom stereocenters. The van der Waals surface area contributed by atoms with Crippen LogP contribution in [0.15, 0.2) is 89.8 Å². The van der Waals surface area contributed by atoms with Gasteiger partial charge in [0.2, 0.25) is 10.0 Å². The van der Waals surface area contributed by atoms with Gasteiger partial charge in [-0.3, -0.25) is 4.79 Å². The van der Waals surface area contributed by atoms with E-state index in [9.17, 15) is 18.0 Å². The van der Waals surface area contributed by atoms with Gasteiger partial charge in [-0.15, -0.1) is 0 Å². The molecule has 0 aliphatic carbocycles. The first-order valence-electron chi connectivity index (χ1n) is 9.50. The van der Waals surface area contributed by atoms with Gasteiger partial charge in [-0.2, -0.15) is 0 Å². The Morgan fingerprint density at radius 1 is 0.871 bits per heavy atom. The maximum atomic E-state index is 12.5. The summed E-state index contributed by atoms with van der Waals surface area (Å²) in [6, 6.07) is 23.9. The fourth-order valence-corrected chi connectivity index (χ4v) is 3.75. The van der Waals surface area contributed by atoms with Crippen LogP contribution in [0.1, 0.15) is 27.5 Å². The van der Waals surface area contributed by atoms with E-state index in [4.69, 9.17) is 4.74 Å². The average molecular weight is 439 g/mol. The minimum Gasteiger partial charge on any atom is -0.452 e. The van der Waals surface area contributed by atoms with Gasteiger partial charge in [-0.1, -0.05) is 66.7 Å². The second-order valence-electron chi connectivity index (χ2n) is 6.63. The third-order valence-corrected chi connectivity index (χ3v) is 5.97. The Kier molecular flexibility index (Phi) is 7.17. The molecule has 3 aromatic rings. The molecular formula is C23H22N2O5S. The van der Waals surface area contributed by atoms with Crippen LogP contribution in [0, 0.1) is 0 Å². The molecule has 0 radical (unpaired) electrons. The first-order valence-corrected chi connectivity index (χ1v) is 11.0. The maximum absolute atomic E-state index is 12.5. The lowest BCUT2D eigenvalue weighted by Crippen LogP contribution is -2.33. The predicted molar refractivity (Wildman–Crippen MR) is 116 cm³/mol. The summed E-state index contributed by atoms with van der Waals surface area (Å²) < 4.78 is 31.1. The number of hydrogen-bond donors (Lipinski definition) is 2. The minimum atomic E-state index is -3.70. The van der Waals surface area contributed by atoms with Gasteiger partial charge < -0.3 is 10.1 Å². The molecule has 160 valence electrons. The molecule has 0 spiro atoms. The monoisotopic (exact) mass is 438 g/mol. The molecule has 1 amide bonds. The summed E-state index contributed by atoms with van der Waals surface area (Å²) in [5.74, 6) is -1.27. The molecule has 3 rings (SSSR count). The summed E-state index contributed by atoms with van der Waals surface area (Å²) in [6.07, 6.45) is 0. The molecule has 0 heterocycles. The maximum Gasteiger partial charge on any atom is 0.338 e. The average Bonchev–Trinajstić information content (AvgIpc) is 2.82. The van der Waals surface area contributed by atoms with E-state index in [0.29, 0.717) is 0 Å². The third kappa shape index (κ3) is 5.78. The van der Waals surface area contributed by atoms with Crippen molar-refractivity contribution in [3.8, 4) is 0 Å². The molecule has 0 bridgehead atoms. The number of hydrogen-bond acceptors (Lipinski definition) is 5. The number of nitrogens with one attached hydrogen (secondary N) is 2. The van der Waals surface area contributed by atoms with Crippen molar-refractivity contribution in [2.24, 2.45) is 0 Å². The Bertz CT molecular complexity index is 1110. The summed E-state index contributed by atoms with van der Waals surface area (Å²) in [5, 5.41) is 2.88. The van der Waals surface area contributed by atoms with E-state index < -0.39 is 34.5 Å². The van der Waals surface area contributed by atoms with Crippen molar-refractivity contribution in [2.45, 2.75) is 10.9 Å². The number of rotatable bonds is 8. The number of benzene rings is 3. The largest absolute Gasteiger partial charge is 0.452 e. The molecule has 0 saturated heterocycles. The number of esters is 1. The van der Waals surface area contributed by atoms with Crippen molar-refractivity contribution < 1.29 is 22.7 Å². The van der Waals surface area contributed by atoms with Gasteiger partial charge in [0, 0.05) is 0 Å². The van der Waals surface area contributed by atoms with Crippen molar-refractivity contribution >= 4 is 21.9 Å². The van der Waals surface area contributed by atoms with Crippen molar-refractivity contribution in [1.29, 1.82) is 0 Å². The van der Waals surface area contributed by atoms with Crippen molar-refractivity contribution in [2.75, 3.05) is 13.7 Å². The highest BCUT2D eigenvalue weighted by molar-refractivity contribution is 7.89. The Labute approximate surface area is 181 Å². The normalized spacial score (nSPS) is 11.2. The van der Waals surface area contributed by atoms with E-state index in [2.05, 4.69) is 10.0 Å². The van der Waals surface area contributed by atoms with E-state index in [1.165, 1.54) is 31.3 Å². The molecule has 0 aliphatic rings. The molecule has 0 aromatic heterocycles. The Balaban J connectivity index is 1.68. The van der Waals surface area contributed by atoms with E-state index >= 15 is 0 Å². The molecule has 3 aromatic carbocycles. The highest BCUT2D eigenvalue weighted by atomic mass is 32.2. The van der Waals surface area contributed by atoms with Gasteiger partial charge in [0.25, 0.3) is 5.91 Å². The standard InChI is InChI=1S/C23H22N2O5S/c1-24-31(28,29)20-14-8-13-19(15-20)23(27)30-16-21(26)25-22(17-9-4-2-5-10-17)18-11-6-3-7-12-18/h2-15,22,24H,16H2,1H3,(H,25,26). The summed E-state index contributed by atoms with van der Waals surface area (Å²) in [6.45, 7) is -0.502. The molecule has 0 aliphatic heterocycles. The van der Waals surface area contributed by atoms with Crippen molar-refractivity contribution in [3.63, 3.8) is 0 Å².